The Hall–Kier alpha value is -0.650. The average molecular weight is 249 g/mol. The zero-order valence-corrected chi connectivity index (χ0v) is 11.3. The van der Waals surface area contributed by atoms with E-state index in [1.807, 2.05) is 0 Å². The van der Waals surface area contributed by atoms with Gasteiger partial charge in [-0.3, -0.25) is 4.79 Å². The van der Waals surface area contributed by atoms with Gasteiger partial charge in [0.25, 0.3) is 0 Å². The van der Waals surface area contributed by atoms with Gasteiger partial charge in [0.05, 0.1) is 13.2 Å². The maximum Gasteiger partial charge on any atom is 0.303 e. The van der Waals surface area contributed by atoms with Crippen LogP contribution >= 0.6 is 0 Å². The van der Waals surface area contributed by atoms with Gasteiger partial charge in [-0.2, -0.15) is 0 Å². The molecule has 0 aliphatic rings. The van der Waals surface area contributed by atoms with Crippen LogP contribution < -0.4 is 5.32 Å². The summed E-state index contributed by atoms with van der Waals surface area (Å²) in [5.74, 6) is -0.682. The molecule has 0 spiro atoms. The SMILES string of the molecule is CCCCCC(=O)O.COCCNCCOC. The van der Waals surface area contributed by atoms with Gasteiger partial charge in [-0.25, -0.2) is 0 Å². The Balaban J connectivity index is 0. The van der Waals surface area contributed by atoms with Crippen LogP contribution in [0.5, 0.6) is 0 Å². The van der Waals surface area contributed by atoms with Gasteiger partial charge in [0.2, 0.25) is 0 Å². The van der Waals surface area contributed by atoms with Crippen LogP contribution in [-0.2, 0) is 14.3 Å². The Kier molecular flexibility index (Phi) is 19.5. The summed E-state index contributed by atoms with van der Waals surface area (Å²) in [4.78, 5) is 9.87. The van der Waals surface area contributed by atoms with Crippen molar-refractivity contribution in [1.82, 2.24) is 5.32 Å². The first-order chi connectivity index (χ1) is 8.18. The largest absolute Gasteiger partial charge is 0.481 e. The quantitative estimate of drug-likeness (QED) is 0.575. The molecule has 0 unspecified atom stereocenters. The molecule has 17 heavy (non-hydrogen) atoms. The summed E-state index contributed by atoms with van der Waals surface area (Å²) in [6.45, 7) is 5.40. The topological polar surface area (TPSA) is 67.8 Å². The second-order valence-corrected chi connectivity index (χ2v) is 3.59. The van der Waals surface area contributed by atoms with Crippen LogP contribution in [0.15, 0.2) is 0 Å². The van der Waals surface area contributed by atoms with Gasteiger partial charge < -0.3 is 19.9 Å². The summed E-state index contributed by atoms with van der Waals surface area (Å²) in [7, 11) is 3.38. The molecule has 0 rings (SSSR count). The van der Waals surface area contributed by atoms with Crippen molar-refractivity contribution in [3.05, 3.63) is 0 Å². The standard InChI is InChI=1S/C6H15NO2.C6H12O2/c1-8-5-3-7-4-6-9-2;1-2-3-4-5-6(7)8/h7H,3-6H2,1-2H3;2-5H2,1H3,(H,7,8). The second-order valence-electron chi connectivity index (χ2n) is 3.59. The van der Waals surface area contributed by atoms with Crippen LogP contribution in [0.25, 0.3) is 0 Å². The molecule has 0 aromatic heterocycles. The van der Waals surface area contributed by atoms with E-state index < -0.39 is 5.97 Å². The average Bonchev–Trinajstić information content (AvgIpc) is 2.30. The number of carboxylic acid groups (broad SMARTS) is 1. The lowest BCUT2D eigenvalue weighted by Gasteiger charge is -2.01. The fourth-order valence-corrected chi connectivity index (χ4v) is 1.000. The van der Waals surface area contributed by atoms with E-state index in [1.165, 1.54) is 0 Å². The number of ether oxygens (including phenoxy) is 2. The Morgan fingerprint density at radius 3 is 2.00 bits per heavy atom. The van der Waals surface area contributed by atoms with Crippen molar-refractivity contribution < 1.29 is 19.4 Å². The highest BCUT2D eigenvalue weighted by molar-refractivity contribution is 5.66. The summed E-state index contributed by atoms with van der Waals surface area (Å²) < 4.78 is 9.64. The van der Waals surface area contributed by atoms with Gasteiger partial charge in [0.15, 0.2) is 0 Å². The number of unbranched alkanes of at least 4 members (excludes halogenated alkanes) is 2. The molecule has 0 radical (unpaired) electrons. The molecule has 0 bridgehead atoms. The number of nitrogens with one attached hydrogen (secondary N) is 1. The lowest BCUT2D eigenvalue weighted by Crippen LogP contribution is -2.23. The third-order valence-electron chi connectivity index (χ3n) is 1.96. The van der Waals surface area contributed by atoms with Gasteiger partial charge >= 0.3 is 5.97 Å². The third kappa shape index (κ3) is 25.5. The summed E-state index contributed by atoms with van der Waals surface area (Å²) >= 11 is 0. The van der Waals surface area contributed by atoms with Crippen molar-refractivity contribution in [2.24, 2.45) is 0 Å². The van der Waals surface area contributed by atoms with Gasteiger partial charge in [0, 0.05) is 33.7 Å². The van der Waals surface area contributed by atoms with Crippen molar-refractivity contribution in [3.8, 4) is 0 Å². The zero-order chi connectivity index (χ0) is 13.4. The molecule has 0 fully saturated rings. The zero-order valence-electron chi connectivity index (χ0n) is 11.3. The van der Waals surface area contributed by atoms with E-state index >= 15 is 0 Å². The van der Waals surface area contributed by atoms with Crippen molar-refractivity contribution in [1.29, 1.82) is 0 Å². The summed E-state index contributed by atoms with van der Waals surface area (Å²) in [5.41, 5.74) is 0. The molecule has 0 saturated carbocycles. The summed E-state index contributed by atoms with van der Waals surface area (Å²) in [6.07, 6.45) is 3.28. The second kappa shape index (κ2) is 17.7. The van der Waals surface area contributed by atoms with E-state index in [9.17, 15) is 4.79 Å². The maximum absolute atomic E-state index is 9.87. The molecular weight excluding hydrogens is 222 g/mol. The highest BCUT2D eigenvalue weighted by Gasteiger charge is 1.92. The molecule has 0 atom stereocenters. The first kappa shape index (κ1) is 18.7. The first-order valence-corrected chi connectivity index (χ1v) is 6.09. The van der Waals surface area contributed by atoms with Crippen molar-refractivity contribution in [3.63, 3.8) is 0 Å². The van der Waals surface area contributed by atoms with Crippen LogP contribution in [0, 0.1) is 0 Å². The highest BCUT2D eigenvalue weighted by atomic mass is 16.5. The van der Waals surface area contributed by atoms with Gasteiger partial charge in [-0.05, 0) is 6.42 Å². The van der Waals surface area contributed by atoms with E-state index in [-0.39, 0.29) is 0 Å². The maximum atomic E-state index is 9.87. The smallest absolute Gasteiger partial charge is 0.303 e. The van der Waals surface area contributed by atoms with Crippen LogP contribution in [0.2, 0.25) is 0 Å². The molecule has 0 aromatic carbocycles. The fraction of sp³-hybridized carbons (Fsp3) is 0.917. The van der Waals surface area contributed by atoms with Crippen molar-refractivity contribution in [2.75, 3.05) is 40.5 Å². The van der Waals surface area contributed by atoms with Crippen LogP contribution in [0.1, 0.15) is 32.6 Å². The van der Waals surface area contributed by atoms with Gasteiger partial charge in [-0.1, -0.05) is 19.8 Å². The van der Waals surface area contributed by atoms with E-state index in [0.717, 1.165) is 45.6 Å². The van der Waals surface area contributed by atoms with Crippen LogP contribution in [0.4, 0.5) is 0 Å². The minimum Gasteiger partial charge on any atom is -0.481 e. The molecule has 0 aromatic rings. The number of hydrogen-bond donors (Lipinski definition) is 2. The predicted molar refractivity (Wildman–Crippen MR) is 68.4 cm³/mol. The minimum atomic E-state index is -0.682. The first-order valence-electron chi connectivity index (χ1n) is 6.09. The number of hydrogen-bond acceptors (Lipinski definition) is 4. The molecule has 104 valence electrons. The number of carboxylic acids is 1. The van der Waals surface area contributed by atoms with Crippen molar-refractivity contribution in [2.45, 2.75) is 32.6 Å². The Bertz CT molecular complexity index is 147. The van der Waals surface area contributed by atoms with E-state index in [4.69, 9.17) is 14.6 Å². The normalized spacial score (nSPS) is 9.59. The molecule has 0 aliphatic carbocycles. The predicted octanol–water partition coefficient (Wildman–Crippen LogP) is 1.52. The molecule has 0 aliphatic heterocycles. The van der Waals surface area contributed by atoms with Crippen LogP contribution in [0.3, 0.4) is 0 Å². The van der Waals surface area contributed by atoms with Crippen molar-refractivity contribution >= 4 is 5.97 Å². The minimum absolute atomic E-state index is 0.327. The fourth-order valence-electron chi connectivity index (χ4n) is 1.000. The van der Waals surface area contributed by atoms with E-state index in [0.29, 0.717) is 6.42 Å². The monoisotopic (exact) mass is 249 g/mol. The molecule has 2 N–H and O–H groups in total. The summed E-state index contributed by atoms with van der Waals surface area (Å²) in [5, 5.41) is 11.3. The lowest BCUT2D eigenvalue weighted by atomic mass is 10.2. The van der Waals surface area contributed by atoms with E-state index in [1.54, 1.807) is 14.2 Å². The highest BCUT2D eigenvalue weighted by Crippen LogP contribution is 1.97. The van der Waals surface area contributed by atoms with Crippen LogP contribution in [-0.4, -0.2) is 51.6 Å². The number of aliphatic carboxylic acids is 1. The molecule has 5 nitrogen and oxygen atoms in total. The number of carbonyl (C=O) groups is 1. The molecular formula is C12H27NO4. The Morgan fingerprint density at radius 2 is 1.65 bits per heavy atom. The van der Waals surface area contributed by atoms with E-state index in [2.05, 4.69) is 12.2 Å². The molecule has 0 amide bonds. The Morgan fingerprint density at radius 1 is 1.12 bits per heavy atom. The molecule has 0 saturated heterocycles. The van der Waals surface area contributed by atoms with Gasteiger partial charge in [0.1, 0.15) is 0 Å². The number of rotatable bonds is 10. The lowest BCUT2D eigenvalue weighted by molar-refractivity contribution is -0.137. The summed E-state index contributed by atoms with van der Waals surface area (Å²) in [6, 6.07) is 0. The van der Waals surface area contributed by atoms with Gasteiger partial charge in [-0.15, -0.1) is 0 Å². The number of methoxy groups -OCH3 is 2. The molecule has 5 heteroatoms. The molecule has 0 heterocycles. The third-order valence-corrected chi connectivity index (χ3v) is 1.96. The Labute approximate surface area is 104 Å².